The maximum Gasteiger partial charge on any atom is 0.314 e. The summed E-state index contributed by atoms with van der Waals surface area (Å²) in [6.07, 6.45) is 2.38. The summed E-state index contributed by atoms with van der Waals surface area (Å²) in [6.45, 7) is 0. The number of ether oxygens (including phenoxy) is 2. The van der Waals surface area contributed by atoms with Crippen LogP contribution in [0.3, 0.4) is 0 Å². The van der Waals surface area contributed by atoms with Crippen LogP contribution in [-0.4, -0.2) is 26.2 Å². The molecule has 0 aliphatic heterocycles. The van der Waals surface area contributed by atoms with Gasteiger partial charge < -0.3 is 9.47 Å². The van der Waals surface area contributed by atoms with E-state index in [1.54, 1.807) is 0 Å². The zero-order valence-electron chi connectivity index (χ0n) is 11.2. The first kappa shape index (κ1) is 13.6. The largest absolute Gasteiger partial charge is 0.469 e. The molecule has 1 aromatic rings. The van der Waals surface area contributed by atoms with Gasteiger partial charge in [0.1, 0.15) is 0 Å². The summed E-state index contributed by atoms with van der Waals surface area (Å²) in [4.78, 5) is 24.0. The van der Waals surface area contributed by atoms with Gasteiger partial charge in [-0.2, -0.15) is 0 Å². The molecule has 0 saturated heterocycles. The summed E-state index contributed by atoms with van der Waals surface area (Å²) in [7, 11) is 2.71. The monoisotopic (exact) mass is 262 g/mol. The Bertz CT molecular complexity index is 481. The molecule has 0 saturated carbocycles. The van der Waals surface area contributed by atoms with E-state index in [0.29, 0.717) is 6.42 Å². The first-order valence-corrected chi connectivity index (χ1v) is 6.42. The molecule has 1 aliphatic carbocycles. The highest BCUT2D eigenvalue weighted by Crippen LogP contribution is 2.36. The predicted octanol–water partition coefficient (Wildman–Crippen LogP) is 2.07. The first-order valence-electron chi connectivity index (χ1n) is 6.42. The molecule has 2 atom stereocenters. The van der Waals surface area contributed by atoms with Gasteiger partial charge in [-0.1, -0.05) is 24.3 Å². The first-order chi connectivity index (χ1) is 9.19. The Hall–Kier alpha value is -1.84. The van der Waals surface area contributed by atoms with Crippen molar-refractivity contribution in [2.45, 2.75) is 25.2 Å². The number of hydrogen-bond acceptors (Lipinski definition) is 4. The number of esters is 2. The molecule has 0 unspecified atom stereocenters. The van der Waals surface area contributed by atoms with Crippen molar-refractivity contribution in [1.29, 1.82) is 0 Å². The van der Waals surface area contributed by atoms with Crippen molar-refractivity contribution in [3.8, 4) is 0 Å². The van der Waals surface area contributed by atoms with Gasteiger partial charge >= 0.3 is 11.9 Å². The number of aryl methyl sites for hydroxylation is 1. The third-order valence-corrected chi connectivity index (χ3v) is 3.71. The van der Waals surface area contributed by atoms with Crippen LogP contribution in [0.25, 0.3) is 0 Å². The maximum atomic E-state index is 12.1. The molecule has 0 spiro atoms. The van der Waals surface area contributed by atoms with Gasteiger partial charge in [0.05, 0.1) is 26.1 Å². The number of fused-ring (bicyclic) bond motifs is 1. The van der Waals surface area contributed by atoms with E-state index < -0.39 is 11.8 Å². The lowest BCUT2D eigenvalue weighted by molar-refractivity contribution is -0.154. The Morgan fingerprint density at radius 1 is 1.11 bits per heavy atom. The van der Waals surface area contributed by atoms with Crippen LogP contribution in [0.5, 0.6) is 0 Å². The van der Waals surface area contributed by atoms with E-state index in [1.165, 1.54) is 14.2 Å². The highest BCUT2D eigenvalue weighted by molar-refractivity contribution is 5.86. The lowest BCUT2D eigenvalue weighted by Gasteiger charge is -2.22. The number of hydrogen-bond donors (Lipinski definition) is 0. The van der Waals surface area contributed by atoms with Gasteiger partial charge in [0, 0.05) is 0 Å². The molecule has 102 valence electrons. The van der Waals surface area contributed by atoms with Crippen molar-refractivity contribution in [2.24, 2.45) is 5.92 Å². The number of methoxy groups -OCH3 is 2. The molecular weight excluding hydrogens is 244 g/mol. The molecule has 1 aromatic carbocycles. The van der Waals surface area contributed by atoms with E-state index in [2.05, 4.69) is 0 Å². The fourth-order valence-corrected chi connectivity index (χ4v) is 2.78. The van der Waals surface area contributed by atoms with E-state index in [9.17, 15) is 9.59 Å². The Labute approximate surface area is 112 Å². The second-order valence-corrected chi connectivity index (χ2v) is 4.72. The quantitative estimate of drug-likeness (QED) is 0.605. The van der Waals surface area contributed by atoms with Crippen LogP contribution in [0.1, 0.15) is 29.9 Å². The molecule has 4 nitrogen and oxygen atoms in total. The second kappa shape index (κ2) is 5.87. The summed E-state index contributed by atoms with van der Waals surface area (Å²) in [5.41, 5.74) is 2.01. The van der Waals surface area contributed by atoms with E-state index in [1.807, 2.05) is 24.3 Å². The number of benzene rings is 1. The van der Waals surface area contributed by atoms with Crippen LogP contribution in [0.15, 0.2) is 24.3 Å². The molecule has 0 aromatic heterocycles. The Morgan fingerprint density at radius 3 is 2.47 bits per heavy atom. The molecule has 4 heteroatoms. The van der Waals surface area contributed by atoms with E-state index in [4.69, 9.17) is 9.47 Å². The molecule has 0 N–H and O–H groups in total. The average molecular weight is 262 g/mol. The van der Waals surface area contributed by atoms with Crippen molar-refractivity contribution in [1.82, 2.24) is 0 Å². The fourth-order valence-electron chi connectivity index (χ4n) is 2.78. The summed E-state index contributed by atoms with van der Waals surface area (Å²) >= 11 is 0. The Balaban J connectivity index is 2.47. The highest BCUT2D eigenvalue weighted by atomic mass is 16.5. The molecule has 19 heavy (non-hydrogen) atoms. The van der Waals surface area contributed by atoms with Crippen LogP contribution < -0.4 is 0 Å². The van der Waals surface area contributed by atoms with Crippen LogP contribution in [-0.2, 0) is 25.5 Å². The minimum absolute atomic E-state index is 0.341. The van der Waals surface area contributed by atoms with Crippen molar-refractivity contribution >= 4 is 11.9 Å². The number of carbonyl (C=O) groups is 2. The smallest absolute Gasteiger partial charge is 0.314 e. The molecule has 0 radical (unpaired) electrons. The molecule has 0 fully saturated rings. The Kier molecular flexibility index (Phi) is 4.20. The SMILES string of the molecule is COC(=O)[C@@H]1CCCc2ccccc2[C@@H]1C(=O)OC. The summed E-state index contributed by atoms with van der Waals surface area (Å²) in [5, 5.41) is 0. The van der Waals surface area contributed by atoms with Gasteiger partial charge in [0.15, 0.2) is 0 Å². The van der Waals surface area contributed by atoms with Crippen LogP contribution >= 0.6 is 0 Å². The normalized spacial score (nSPS) is 22.0. The third-order valence-electron chi connectivity index (χ3n) is 3.71. The number of carbonyl (C=O) groups excluding carboxylic acids is 2. The number of rotatable bonds is 2. The van der Waals surface area contributed by atoms with Gasteiger partial charge in [0.2, 0.25) is 0 Å². The second-order valence-electron chi connectivity index (χ2n) is 4.72. The van der Waals surface area contributed by atoms with E-state index in [-0.39, 0.29) is 11.9 Å². The minimum Gasteiger partial charge on any atom is -0.469 e. The van der Waals surface area contributed by atoms with Crippen molar-refractivity contribution in [2.75, 3.05) is 14.2 Å². The molecule has 1 aliphatic rings. The maximum absolute atomic E-state index is 12.1. The van der Waals surface area contributed by atoms with Gasteiger partial charge in [-0.15, -0.1) is 0 Å². The summed E-state index contributed by atoms with van der Waals surface area (Å²) < 4.78 is 9.72. The van der Waals surface area contributed by atoms with Gasteiger partial charge in [-0.25, -0.2) is 0 Å². The van der Waals surface area contributed by atoms with E-state index in [0.717, 1.165) is 24.0 Å². The van der Waals surface area contributed by atoms with Crippen molar-refractivity contribution in [3.63, 3.8) is 0 Å². The van der Waals surface area contributed by atoms with Gasteiger partial charge in [-0.3, -0.25) is 9.59 Å². The minimum atomic E-state index is -0.559. The fraction of sp³-hybridized carbons (Fsp3) is 0.467. The molecular formula is C15H18O4. The zero-order valence-corrected chi connectivity index (χ0v) is 11.2. The predicted molar refractivity (Wildman–Crippen MR) is 69.6 cm³/mol. The van der Waals surface area contributed by atoms with E-state index >= 15 is 0 Å². The molecule has 2 rings (SSSR count). The molecule has 0 heterocycles. The van der Waals surface area contributed by atoms with Crippen LogP contribution in [0.2, 0.25) is 0 Å². The van der Waals surface area contributed by atoms with Gasteiger partial charge in [-0.05, 0) is 30.4 Å². The lowest BCUT2D eigenvalue weighted by Crippen LogP contribution is -2.29. The van der Waals surface area contributed by atoms with Crippen molar-refractivity contribution < 1.29 is 19.1 Å². The van der Waals surface area contributed by atoms with Crippen LogP contribution in [0, 0.1) is 5.92 Å². The average Bonchev–Trinajstić information content (AvgIpc) is 2.65. The molecule has 0 amide bonds. The third kappa shape index (κ3) is 2.62. The summed E-state index contributed by atoms with van der Waals surface area (Å²) in [6, 6.07) is 7.74. The van der Waals surface area contributed by atoms with Gasteiger partial charge in [0.25, 0.3) is 0 Å². The van der Waals surface area contributed by atoms with Crippen molar-refractivity contribution in [3.05, 3.63) is 35.4 Å². The highest BCUT2D eigenvalue weighted by Gasteiger charge is 2.38. The van der Waals surface area contributed by atoms with Crippen LogP contribution in [0.4, 0.5) is 0 Å². The molecule has 0 bridgehead atoms. The summed E-state index contributed by atoms with van der Waals surface area (Å²) in [5.74, 6) is -1.73. The topological polar surface area (TPSA) is 52.6 Å². The standard InChI is InChI=1S/C15H18O4/c1-18-14(16)12-9-5-7-10-6-3-4-8-11(10)13(12)15(17)19-2/h3-4,6,8,12-13H,5,7,9H2,1-2H3/t12-,13+/m1/s1. The Morgan fingerprint density at radius 2 is 1.79 bits per heavy atom. The zero-order chi connectivity index (χ0) is 13.8. The lowest BCUT2D eigenvalue weighted by atomic mass is 9.84.